The number of amides is 6. The maximum Gasteiger partial charge on any atom is 0.254 e. The van der Waals surface area contributed by atoms with Gasteiger partial charge in [0.1, 0.15) is 54.5 Å². The van der Waals surface area contributed by atoms with Gasteiger partial charge in [-0.05, 0) is 75.0 Å². The number of nitrogens with one attached hydrogen (secondary N) is 7. The third-order valence-electron chi connectivity index (χ3n) is 13.2. The highest BCUT2D eigenvalue weighted by molar-refractivity contribution is 5.95. The van der Waals surface area contributed by atoms with Crippen molar-refractivity contribution in [3.05, 3.63) is 59.4 Å². The fourth-order valence-electron chi connectivity index (χ4n) is 8.41. The number of hydrogen-bond acceptors (Lipinski definition) is 19. The van der Waals surface area contributed by atoms with Crippen LogP contribution in [-0.2, 0) is 37.1 Å². The quantitative estimate of drug-likeness (QED) is 0.0257. The Labute approximate surface area is 440 Å². The first kappa shape index (κ1) is 62.6. The van der Waals surface area contributed by atoms with Crippen LogP contribution < -0.4 is 31.9 Å². The molecule has 424 valence electrons. The maximum atomic E-state index is 13.7. The second kappa shape index (κ2) is 31.3. The zero-order valence-electron chi connectivity index (χ0n) is 43.2. The first-order chi connectivity index (χ1) is 36.2. The zero-order chi connectivity index (χ0) is 56.1. The first-order valence-electron chi connectivity index (χ1n) is 25.6. The molecule has 26 nitrogen and oxygen atoms in total. The summed E-state index contributed by atoms with van der Waals surface area (Å²) in [5.41, 5.74) is 3.72. The van der Waals surface area contributed by atoms with Gasteiger partial charge in [-0.15, -0.1) is 0 Å². The van der Waals surface area contributed by atoms with Gasteiger partial charge in [0.25, 0.3) is 5.91 Å². The summed E-state index contributed by atoms with van der Waals surface area (Å²) in [6, 6.07) is 10.2. The lowest BCUT2D eigenvalue weighted by Gasteiger charge is -2.26. The van der Waals surface area contributed by atoms with Crippen LogP contribution in [0.5, 0.6) is 0 Å². The van der Waals surface area contributed by atoms with E-state index in [9.17, 15) is 69.6 Å². The van der Waals surface area contributed by atoms with Crippen LogP contribution in [-0.4, -0.2) is 227 Å². The first-order valence-corrected chi connectivity index (χ1v) is 25.6. The van der Waals surface area contributed by atoms with Crippen LogP contribution in [0, 0.1) is 0 Å². The van der Waals surface area contributed by atoms with E-state index in [1.807, 2.05) is 43.3 Å². The number of unbranched alkanes of at least 4 members (excludes halogenated alkanes) is 3. The number of carbonyl (C=O) groups is 6. The SMILES string of the molecule is CC[C@@H]1Nc2ccc(C(=O)N(C)Cc3nc4ccccc4[nH]3)cc2CN(CCCCCCNC(=O)[C@H](CCC(=O)NC[C@@H](O)[C@H](O)[C@@H](O)[C@@H](O)CO)NC(=O)[C@H](CCC(=O)NC[C@H](O)[C@@H](O)[C@H](O)[C@H](O)CO)NC)C1=O. The van der Waals surface area contributed by atoms with E-state index in [1.165, 1.54) is 7.05 Å². The molecule has 0 aliphatic carbocycles. The molecule has 2 aromatic carbocycles. The fraction of sp³-hybridized carbons (Fsp3) is 0.620. The molecule has 0 saturated carbocycles. The Morgan fingerprint density at radius 2 is 1.33 bits per heavy atom. The van der Waals surface area contributed by atoms with Crippen molar-refractivity contribution in [1.29, 1.82) is 0 Å². The lowest BCUT2D eigenvalue weighted by atomic mass is 10.0. The maximum absolute atomic E-state index is 13.7. The highest BCUT2D eigenvalue weighted by Crippen LogP contribution is 2.27. The van der Waals surface area contributed by atoms with Crippen molar-refractivity contribution in [1.82, 2.24) is 46.4 Å². The number of hydrogen-bond donors (Lipinski definition) is 17. The third-order valence-corrected chi connectivity index (χ3v) is 13.2. The molecule has 76 heavy (non-hydrogen) atoms. The van der Waals surface area contributed by atoms with Crippen LogP contribution in [0.1, 0.15) is 86.5 Å². The van der Waals surface area contributed by atoms with Crippen LogP contribution in [0.4, 0.5) is 5.69 Å². The van der Waals surface area contributed by atoms with Crippen molar-refractivity contribution >= 4 is 52.2 Å². The van der Waals surface area contributed by atoms with Gasteiger partial charge in [-0.1, -0.05) is 31.9 Å². The van der Waals surface area contributed by atoms with Crippen molar-refractivity contribution in [2.45, 2.75) is 145 Å². The smallest absolute Gasteiger partial charge is 0.254 e. The Bertz CT molecular complexity index is 2310. The van der Waals surface area contributed by atoms with Crippen molar-refractivity contribution in [2.75, 3.05) is 58.8 Å². The molecule has 1 aliphatic rings. The molecular formula is C50H78N10O16. The van der Waals surface area contributed by atoms with Crippen molar-refractivity contribution in [2.24, 2.45) is 0 Å². The molecule has 17 N–H and O–H groups in total. The number of fused-ring (bicyclic) bond motifs is 2. The van der Waals surface area contributed by atoms with Gasteiger partial charge >= 0.3 is 0 Å². The summed E-state index contributed by atoms with van der Waals surface area (Å²) in [4.78, 5) is 91.0. The molecule has 6 amide bonds. The molecule has 0 saturated heterocycles. The van der Waals surface area contributed by atoms with Crippen LogP contribution in [0.3, 0.4) is 0 Å². The molecule has 0 fully saturated rings. The molecule has 11 atom stereocenters. The van der Waals surface area contributed by atoms with Crippen LogP contribution in [0.15, 0.2) is 42.5 Å². The van der Waals surface area contributed by atoms with E-state index in [1.54, 1.807) is 22.9 Å². The third kappa shape index (κ3) is 18.7. The summed E-state index contributed by atoms with van der Waals surface area (Å²) in [5.74, 6) is -2.36. The minimum absolute atomic E-state index is 0.0672. The second-order valence-corrected chi connectivity index (χ2v) is 19.0. The molecule has 0 spiro atoms. The van der Waals surface area contributed by atoms with Crippen molar-refractivity contribution in [3.63, 3.8) is 0 Å². The number of aliphatic hydroxyl groups excluding tert-OH is 10. The number of likely N-dealkylation sites (N-methyl/N-ethyl adjacent to an activating group) is 1. The Hall–Kier alpha value is -5.91. The van der Waals surface area contributed by atoms with Gasteiger partial charge in [0, 0.05) is 63.9 Å². The van der Waals surface area contributed by atoms with E-state index in [2.05, 4.69) is 41.9 Å². The Balaban J connectivity index is 1.30. The van der Waals surface area contributed by atoms with Crippen LogP contribution in [0.2, 0.25) is 0 Å². The molecule has 26 heteroatoms. The number of rotatable bonds is 33. The number of H-pyrrole nitrogens is 1. The number of carbonyl (C=O) groups excluding carboxylic acids is 6. The molecule has 0 radical (unpaired) electrons. The highest BCUT2D eigenvalue weighted by atomic mass is 16.4. The average Bonchev–Trinajstić information content (AvgIpc) is 3.78. The minimum Gasteiger partial charge on any atom is -0.394 e. The molecule has 0 bridgehead atoms. The van der Waals surface area contributed by atoms with E-state index in [4.69, 9.17) is 10.2 Å². The summed E-state index contributed by atoms with van der Waals surface area (Å²) < 4.78 is 0. The molecule has 4 rings (SSSR count). The molecule has 1 aliphatic heterocycles. The molecule has 0 unspecified atom stereocenters. The summed E-state index contributed by atoms with van der Waals surface area (Å²) >= 11 is 0. The number of para-hydroxylation sites is 2. The van der Waals surface area contributed by atoms with Gasteiger partial charge in [-0.3, -0.25) is 28.8 Å². The summed E-state index contributed by atoms with van der Waals surface area (Å²) in [7, 11) is 3.13. The standard InChI is InChI=1S/C50H78N10O16/c1-4-30-50(76)60(24-29-21-28(13-14-31(29)55-30)49(75)59(3)25-40-56-32-11-7-8-12-33(32)57-40)20-10-6-5-9-19-52-47(73)35(16-18-42(68)54-23-37(64)44(70)46(72)39(66)27-62)58-48(74)34(51-2)15-17-41(67)53-22-36(63)43(69)45(71)38(65)26-61/h7-8,11-14,21,30,34-39,43-46,51,55,61-66,69-72H,4-6,9-10,15-20,22-27H2,1-3H3,(H,52,73)(H,53,67)(H,54,68)(H,56,57)(H,58,74)/t30-,34-,35-,36-,37+,38+,39-,43+,44-,45+,46-/m0/s1. The second-order valence-electron chi connectivity index (χ2n) is 19.0. The number of aromatic nitrogens is 2. The predicted molar refractivity (Wildman–Crippen MR) is 274 cm³/mol. The van der Waals surface area contributed by atoms with Crippen molar-refractivity contribution in [3.8, 4) is 0 Å². The molecule has 2 heterocycles. The van der Waals surface area contributed by atoms with E-state index in [0.717, 1.165) is 22.3 Å². The van der Waals surface area contributed by atoms with Crippen LogP contribution in [0.25, 0.3) is 11.0 Å². The Kier molecular flexibility index (Phi) is 25.8. The Morgan fingerprint density at radius 3 is 1.91 bits per heavy atom. The van der Waals surface area contributed by atoms with E-state index in [-0.39, 0.29) is 57.1 Å². The lowest BCUT2D eigenvalue weighted by molar-refractivity contribution is -0.132. The fourth-order valence-corrected chi connectivity index (χ4v) is 8.41. The normalized spacial score (nSPS) is 17.6. The van der Waals surface area contributed by atoms with Gasteiger partial charge in [0.15, 0.2) is 0 Å². The van der Waals surface area contributed by atoms with E-state index in [0.29, 0.717) is 50.0 Å². The van der Waals surface area contributed by atoms with E-state index >= 15 is 0 Å². The summed E-state index contributed by atoms with van der Waals surface area (Å²) in [6.45, 7) is 0.169. The summed E-state index contributed by atoms with van der Waals surface area (Å²) in [6.07, 6.45) is -12.7. The monoisotopic (exact) mass is 1070 g/mol. The summed E-state index contributed by atoms with van der Waals surface area (Å²) in [5, 5.41) is 114. The predicted octanol–water partition coefficient (Wildman–Crippen LogP) is -4.22. The van der Waals surface area contributed by atoms with E-state index < -0.39 is 117 Å². The van der Waals surface area contributed by atoms with Gasteiger partial charge in [-0.25, -0.2) is 4.98 Å². The number of aliphatic hydroxyl groups is 10. The van der Waals surface area contributed by atoms with Gasteiger partial charge < -0.3 is 97.7 Å². The molecule has 3 aromatic rings. The number of imidazole rings is 1. The minimum atomic E-state index is -1.93. The number of benzene rings is 2. The van der Waals surface area contributed by atoms with Gasteiger partial charge in [0.2, 0.25) is 29.5 Å². The van der Waals surface area contributed by atoms with Gasteiger partial charge in [-0.2, -0.15) is 0 Å². The topological polar surface area (TPSA) is 412 Å². The number of nitrogens with zero attached hydrogens (tertiary/aromatic N) is 3. The highest BCUT2D eigenvalue weighted by Gasteiger charge is 2.33. The van der Waals surface area contributed by atoms with Gasteiger partial charge in [0.05, 0.1) is 49.0 Å². The number of anilines is 1. The molecular weight excluding hydrogens is 997 g/mol. The average molecular weight is 1080 g/mol. The molecule has 1 aromatic heterocycles. The Morgan fingerprint density at radius 1 is 0.750 bits per heavy atom. The van der Waals surface area contributed by atoms with Crippen molar-refractivity contribution < 1.29 is 79.8 Å². The van der Waals surface area contributed by atoms with Crippen LogP contribution >= 0.6 is 0 Å². The number of aromatic amines is 1. The largest absolute Gasteiger partial charge is 0.394 e. The lowest BCUT2D eigenvalue weighted by Crippen LogP contribution is -2.53. The zero-order valence-corrected chi connectivity index (χ0v) is 43.2.